The molecule has 2 atom stereocenters. The summed E-state index contributed by atoms with van der Waals surface area (Å²) in [5.41, 5.74) is -0.708. The molecule has 2 unspecified atom stereocenters. The standard InChI is InChI=1S/C10H14N2O/c1-8-4-9(2,3)5-10(8,6-11)12-7-13/h8H,4-5H2,1-3H3. The van der Waals surface area contributed by atoms with Gasteiger partial charge in [-0.3, -0.25) is 0 Å². The summed E-state index contributed by atoms with van der Waals surface area (Å²) in [6.45, 7) is 6.17. The first-order chi connectivity index (χ1) is 5.96. The van der Waals surface area contributed by atoms with Gasteiger partial charge in [-0.1, -0.05) is 20.8 Å². The smallest absolute Gasteiger partial charge is 0.211 e. The molecule has 1 aliphatic carbocycles. The summed E-state index contributed by atoms with van der Waals surface area (Å²) in [4.78, 5) is 13.9. The molecule has 0 saturated heterocycles. The lowest BCUT2D eigenvalue weighted by Crippen LogP contribution is -2.27. The highest BCUT2D eigenvalue weighted by molar-refractivity contribution is 5.38. The van der Waals surface area contributed by atoms with Crippen molar-refractivity contribution in [3.05, 3.63) is 0 Å². The van der Waals surface area contributed by atoms with E-state index < -0.39 is 5.54 Å². The fourth-order valence-corrected chi connectivity index (χ4v) is 2.38. The van der Waals surface area contributed by atoms with Gasteiger partial charge in [-0.15, -0.1) is 0 Å². The first-order valence-electron chi connectivity index (χ1n) is 4.46. The van der Waals surface area contributed by atoms with E-state index in [-0.39, 0.29) is 11.3 Å². The molecule has 1 saturated carbocycles. The van der Waals surface area contributed by atoms with Gasteiger partial charge < -0.3 is 0 Å². The number of aliphatic imine (C=N–C) groups is 1. The van der Waals surface area contributed by atoms with E-state index in [2.05, 4.69) is 24.9 Å². The van der Waals surface area contributed by atoms with E-state index in [0.717, 1.165) is 6.42 Å². The Kier molecular flexibility index (Phi) is 2.28. The van der Waals surface area contributed by atoms with E-state index in [0.29, 0.717) is 6.42 Å². The molecule has 0 bridgehead atoms. The van der Waals surface area contributed by atoms with Crippen molar-refractivity contribution >= 4 is 6.08 Å². The van der Waals surface area contributed by atoms with Gasteiger partial charge in [0.1, 0.15) is 0 Å². The Balaban J connectivity index is 3.04. The minimum atomic E-state index is -0.814. The zero-order valence-electron chi connectivity index (χ0n) is 8.29. The third-order valence-electron chi connectivity index (χ3n) is 2.86. The number of carbonyl (C=O) groups excluding carboxylic acids is 1. The summed E-state index contributed by atoms with van der Waals surface area (Å²) in [6.07, 6.45) is 3.12. The van der Waals surface area contributed by atoms with E-state index in [9.17, 15) is 4.79 Å². The molecule has 0 amide bonds. The molecule has 0 heterocycles. The van der Waals surface area contributed by atoms with Gasteiger partial charge in [-0.05, 0) is 24.2 Å². The number of isocyanates is 1. The Bertz CT molecular complexity index is 297. The van der Waals surface area contributed by atoms with Crippen molar-refractivity contribution in [3.63, 3.8) is 0 Å². The van der Waals surface area contributed by atoms with Gasteiger partial charge >= 0.3 is 0 Å². The molecule has 3 heteroatoms. The van der Waals surface area contributed by atoms with Crippen LogP contribution in [0.5, 0.6) is 0 Å². The first kappa shape index (κ1) is 9.95. The maximum absolute atomic E-state index is 10.2. The van der Waals surface area contributed by atoms with Crippen LogP contribution in [0.1, 0.15) is 33.6 Å². The predicted molar refractivity (Wildman–Crippen MR) is 48.6 cm³/mol. The van der Waals surface area contributed by atoms with Crippen molar-refractivity contribution in [1.82, 2.24) is 0 Å². The molecule has 13 heavy (non-hydrogen) atoms. The number of nitrogens with zero attached hydrogens (tertiary/aromatic N) is 2. The first-order valence-corrected chi connectivity index (χ1v) is 4.46. The summed E-state index contributed by atoms with van der Waals surface area (Å²) in [5, 5.41) is 9.03. The summed E-state index contributed by atoms with van der Waals surface area (Å²) in [5.74, 6) is 0.147. The maximum Gasteiger partial charge on any atom is 0.236 e. The molecule has 3 nitrogen and oxygen atoms in total. The Morgan fingerprint density at radius 2 is 2.15 bits per heavy atom. The molecule has 1 rings (SSSR count). The molecule has 0 aliphatic heterocycles. The monoisotopic (exact) mass is 178 g/mol. The Morgan fingerprint density at radius 3 is 2.46 bits per heavy atom. The van der Waals surface area contributed by atoms with Gasteiger partial charge in [0.2, 0.25) is 6.08 Å². The Hall–Kier alpha value is -1.13. The Morgan fingerprint density at radius 1 is 1.54 bits per heavy atom. The van der Waals surface area contributed by atoms with Gasteiger partial charge in [-0.25, -0.2) is 4.79 Å². The second-order valence-corrected chi connectivity index (χ2v) is 4.69. The number of rotatable bonds is 1. The van der Waals surface area contributed by atoms with Gasteiger partial charge in [0.25, 0.3) is 0 Å². The van der Waals surface area contributed by atoms with E-state index in [1.165, 1.54) is 6.08 Å². The summed E-state index contributed by atoms with van der Waals surface area (Å²) >= 11 is 0. The van der Waals surface area contributed by atoms with Crippen LogP contribution in [0.15, 0.2) is 4.99 Å². The van der Waals surface area contributed by atoms with Gasteiger partial charge in [0.15, 0.2) is 5.54 Å². The molecular formula is C10H14N2O. The highest BCUT2D eigenvalue weighted by Crippen LogP contribution is 2.48. The fraction of sp³-hybridized carbons (Fsp3) is 0.800. The minimum absolute atomic E-state index is 0.107. The topological polar surface area (TPSA) is 53.2 Å². The highest BCUT2D eigenvalue weighted by atomic mass is 16.1. The number of hydrogen-bond acceptors (Lipinski definition) is 3. The molecule has 70 valence electrons. The van der Waals surface area contributed by atoms with Crippen molar-refractivity contribution in [2.45, 2.75) is 39.2 Å². The van der Waals surface area contributed by atoms with Crippen molar-refractivity contribution in [1.29, 1.82) is 5.26 Å². The van der Waals surface area contributed by atoms with E-state index in [1.54, 1.807) is 0 Å². The highest BCUT2D eigenvalue weighted by Gasteiger charge is 2.49. The predicted octanol–water partition coefficient (Wildman–Crippen LogP) is 2.04. The zero-order chi connectivity index (χ0) is 10.1. The van der Waals surface area contributed by atoms with Crippen LogP contribution in [0, 0.1) is 22.7 Å². The van der Waals surface area contributed by atoms with E-state index in [4.69, 9.17) is 5.26 Å². The van der Waals surface area contributed by atoms with Gasteiger partial charge in [0.05, 0.1) is 6.07 Å². The lowest BCUT2D eigenvalue weighted by atomic mass is 9.88. The molecule has 0 aromatic rings. The van der Waals surface area contributed by atoms with Crippen LogP contribution in [0.2, 0.25) is 0 Å². The van der Waals surface area contributed by atoms with Crippen LogP contribution in [-0.2, 0) is 4.79 Å². The van der Waals surface area contributed by atoms with Crippen LogP contribution in [0.25, 0.3) is 0 Å². The molecule has 0 spiro atoms. The lowest BCUT2D eigenvalue weighted by molar-refractivity contribution is 0.361. The molecule has 0 N–H and O–H groups in total. The van der Waals surface area contributed by atoms with Crippen LogP contribution in [-0.4, -0.2) is 11.6 Å². The summed E-state index contributed by atoms with van der Waals surface area (Å²) in [6, 6.07) is 2.15. The summed E-state index contributed by atoms with van der Waals surface area (Å²) < 4.78 is 0. The SMILES string of the molecule is CC1CC(C)(C)CC1(C#N)N=C=O. The van der Waals surface area contributed by atoms with Crippen LogP contribution in [0.3, 0.4) is 0 Å². The van der Waals surface area contributed by atoms with Crippen molar-refractivity contribution in [2.24, 2.45) is 16.3 Å². The molecule has 0 aromatic carbocycles. The van der Waals surface area contributed by atoms with Crippen molar-refractivity contribution in [3.8, 4) is 6.07 Å². The van der Waals surface area contributed by atoms with Crippen LogP contribution < -0.4 is 0 Å². The quantitative estimate of drug-likeness (QED) is 0.455. The average molecular weight is 178 g/mol. The molecule has 0 radical (unpaired) electrons. The molecular weight excluding hydrogens is 164 g/mol. The van der Waals surface area contributed by atoms with Crippen LogP contribution >= 0.6 is 0 Å². The maximum atomic E-state index is 10.2. The second kappa shape index (κ2) is 2.97. The third-order valence-corrected chi connectivity index (χ3v) is 2.86. The van der Waals surface area contributed by atoms with Gasteiger partial charge in [-0.2, -0.15) is 10.3 Å². The molecule has 0 aromatic heterocycles. The second-order valence-electron chi connectivity index (χ2n) is 4.69. The Labute approximate surface area is 78.5 Å². The van der Waals surface area contributed by atoms with Crippen LogP contribution in [0.4, 0.5) is 0 Å². The average Bonchev–Trinajstić information content (AvgIpc) is 2.23. The normalized spacial score (nSPS) is 36.3. The third kappa shape index (κ3) is 1.64. The molecule has 1 aliphatic rings. The number of hydrogen-bond donors (Lipinski definition) is 0. The van der Waals surface area contributed by atoms with Crippen molar-refractivity contribution < 1.29 is 4.79 Å². The van der Waals surface area contributed by atoms with Crippen molar-refractivity contribution in [2.75, 3.05) is 0 Å². The van der Waals surface area contributed by atoms with Gasteiger partial charge in [0, 0.05) is 0 Å². The zero-order valence-corrected chi connectivity index (χ0v) is 8.29. The summed E-state index contributed by atoms with van der Waals surface area (Å²) in [7, 11) is 0. The lowest BCUT2D eigenvalue weighted by Gasteiger charge is -2.19. The fourth-order valence-electron chi connectivity index (χ4n) is 2.38. The minimum Gasteiger partial charge on any atom is -0.211 e. The largest absolute Gasteiger partial charge is 0.236 e. The van der Waals surface area contributed by atoms with E-state index in [1.807, 2.05) is 6.92 Å². The molecule has 1 fully saturated rings. The van der Waals surface area contributed by atoms with E-state index >= 15 is 0 Å². The number of nitriles is 1.